The number of benzene rings is 1. The van der Waals surface area contributed by atoms with E-state index >= 15 is 0 Å². The molecule has 0 saturated heterocycles. The van der Waals surface area contributed by atoms with E-state index in [1.165, 1.54) is 0 Å². The summed E-state index contributed by atoms with van der Waals surface area (Å²) in [7, 11) is 0. The molecule has 0 radical (unpaired) electrons. The molecule has 0 unspecified atom stereocenters. The fraction of sp³-hybridized carbons (Fsp3) is 0.231. The molecule has 0 atom stereocenters. The lowest BCUT2D eigenvalue weighted by atomic mass is 10.1. The third-order valence-corrected chi connectivity index (χ3v) is 2.32. The number of aromatic nitrogens is 2. The van der Waals surface area contributed by atoms with Crippen LogP contribution in [0.1, 0.15) is 18.3 Å². The van der Waals surface area contributed by atoms with Crippen molar-refractivity contribution in [2.45, 2.75) is 13.3 Å². The van der Waals surface area contributed by atoms with Crippen LogP contribution in [-0.4, -0.2) is 16.6 Å². The van der Waals surface area contributed by atoms with Gasteiger partial charge in [-0.3, -0.25) is 0 Å². The zero-order chi connectivity index (χ0) is 12.1. The molecule has 0 aliphatic carbocycles. The number of nitrogens with two attached hydrogens (primary N) is 1. The van der Waals surface area contributed by atoms with Gasteiger partial charge in [0.25, 0.3) is 0 Å². The molecule has 1 aromatic carbocycles. The molecule has 4 nitrogen and oxygen atoms in total. The van der Waals surface area contributed by atoms with Crippen molar-refractivity contribution in [3.8, 4) is 5.75 Å². The molecule has 0 bridgehead atoms. The van der Waals surface area contributed by atoms with Gasteiger partial charge in [0, 0.05) is 12.6 Å². The van der Waals surface area contributed by atoms with Crippen LogP contribution in [0.5, 0.6) is 5.75 Å². The highest BCUT2D eigenvalue weighted by Gasteiger charge is 2.00. The maximum Gasteiger partial charge on any atom is 0.135 e. The van der Waals surface area contributed by atoms with Gasteiger partial charge in [0.05, 0.1) is 6.61 Å². The first-order chi connectivity index (χ1) is 8.28. The Hall–Kier alpha value is -2.10. The molecule has 2 rings (SSSR count). The summed E-state index contributed by atoms with van der Waals surface area (Å²) in [5.41, 5.74) is 6.74. The molecule has 0 aliphatic heterocycles. The molecule has 4 heteroatoms. The summed E-state index contributed by atoms with van der Waals surface area (Å²) in [4.78, 5) is 8.33. The van der Waals surface area contributed by atoms with Crippen LogP contribution in [0.4, 0.5) is 5.82 Å². The fourth-order valence-electron chi connectivity index (χ4n) is 1.55. The molecule has 0 saturated carbocycles. The molecule has 1 heterocycles. The van der Waals surface area contributed by atoms with Gasteiger partial charge in [0.1, 0.15) is 17.4 Å². The third-order valence-electron chi connectivity index (χ3n) is 2.32. The second kappa shape index (κ2) is 5.30. The van der Waals surface area contributed by atoms with Crippen molar-refractivity contribution >= 4 is 5.82 Å². The third kappa shape index (κ3) is 3.17. The first-order valence-electron chi connectivity index (χ1n) is 5.57. The summed E-state index contributed by atoms with van der Waals surface area (Å²) in [6.45, 7) is 2.65. The molecule has 1 aromatic heterocycles. The Morgan fingerprint density at radius 2 is 1.94 bits per heavy atom. The quantitative estimate of drug-likeness (QED) is 0.871. The molecule has 0 amide bonds. The molecular weight excluding hydrogens is 214 g/mol. The van der Waals surface area contributed by atoms with E-state index in [-0.39, 0.29) is 0 Å². The Bertz CT molecular complexity index is 482. The van der Waals surface area contributed by atoms with Crippen LogP contribution in [-0.2, 0) is 6.42 Å². The molecule has 0 aliphatic rings. The zero-order valence-corrected chi connectivity index (χ0v) is 9.76. The lowest BCUT2D eigenvalue weighted by Gasteiger charge is -2.04. The summed E-state index contributed by atoms with van der Waals surface area (Å²) < 4.78 is 5.38. The van der Waals surface area contributed by atoms with E-state index in [0.717, 1.165) is 17.1 Å². The number of rotatable bonds is 4. The van der Waals surface area contributed by atoms with Crippen LogP contribution in [0.2, 0.25) is 0 Å². The summed E-state index contributed by atoms with van der Waals surface area (Å²) in [5, 5.41) is 0. The van der Waals surface area contributed by atoms with Gasteiger partial charge in [-0.25, -0.2) is 9.97 Å². The van der Waals surface area contributed by atoms with Crippen LogP contribution in [0.3, 0.4) is 0 Å². The first kappa shape index (κ1) is 11.4. The van der Waals surface area contributed by atoms with Crippen molar-refractivity contribution in [1.29, 1.82) is 0 Å². The van der Waals surface area contributed by atoms with Gasteiger partial charge in [0.15, 0.2) is 0 Å². The predicted molar refractivity (Wildman–Crippen MR) is 66.9 cm³/mol. The van der Waals surface area contributed by atoms with Crippen LogP contribution in [0.25, 0.3) is 0 Å². The monoisotopic (exact) mass is 229 g/mol. The maximum atomic E-state index is 5.60. The van der Waals surface area contributed by atoms with Gasteiger partial charge in [-0.1, -0.05) is 12.1 Å². The SMILES string of the molecule is CCOc1ccc(Cc2nccc(N)n2)cc1. The number of nitrogens with zero attached hydrogens (tertiary/aromatic N) is 2. The van der Waals surface area contributed by atoms with Gasteiger partial charge in [-0.05, 0) is 30.7 Å². The van der Waals surface area contributed by atoms with Gasteiger partial charge in [-0.15, -0.1) is 0 Å². The van der Waals surface area contributed by atoms with Crippen LogP contribution in [0, 0.1) is 0 Å². The Balaban J connectivity index is 2.08. The number of hydrogen-bond donors (Lipinski definition) is 1. The second-order valence-corrected chi connectivity index (χ2v) is 3.65. The highest BCUT2D eigenvalue weighted by atomic mass is 16.5. The van der Waals surface area contributed by atoms with Crippen molar-refractivity contribution in [2.24, 2.45) is 0 Å². The molecule has 2 N–H and O–H groups in total. The van der Waals surface area contributed by atoms with E-state index in [2.05, 4.69) is 9.97 Å². The van der Waals surface area contributed by atoms with E-state index in [1.807, 2.05) is 31.2 Å². The summed E-state index contributed by atoms with van der Waals surface area (Å²) in [6.07, 6.45) is 2.35. The first-order valence-corrected chi connectivity index (χ1v) is 5.57. The Morgan fingerprint density at radius 3 is 2.59 bits per heavy atom. The molecule has 17 heavy (non-hydrogen) atoms. The summed E-state index contributed by atoms with van der Waals surface area (Å²) in [6, 6.07) is 9.60. The maximum absolute atomic E-state index is 5.60. The highest BCUT2D eigenvalue weighted by molar-refractivity contribution is 5.30. The van der Waals surface area contributed by atoms with Gasteiger partial charge in [-0.2, -0.15) is 0 Å². The molecule has 2 aromatic rings. The standard InChI is InChI=1S/C13H15N3O/c1-2-17-11-5-3-10(4-6-11)9-13-15-8-7-12(14)16-13/h3-8H,2,9H2,1H3,(H2,14,15,16). The van der Waals surface area contributed by atoms with Crippen LogP contribution < -0.4 is 10.5 Å². The van der Waals surface area contributed by atoms with E-state index in [0.29, 0.717) is 18.8 Å². The smallest absolute Gasteiger partial charge is 0.135 e. The molecule has 0 spiro atoms. The number of hydrogen-bond acceptors (Lipinski definition) is 4. The predicted octanol–water partition coefficient (Wildman–Crippen LogP) is 2.05. The van der Waals surface area contributed by atoms with E-state index < -0.39 is 0 Å². The van der Waals surface area contributed by atoms with Crippen molar-refractivity contribution in [3.05, 3.63) is 47.9 Å². The second-order valence-electron chi connectivity index (χ2n) is 3.65. The number of nitrogen functional groups attached to an aromatic ring is 1. The van der Waals surface area contributed by atoms with E-state index in [4.69, 9.17) is 10.5 Å². The van der Waals surface area contributed by atoms with Gasteiger partial charge in [0.2, 0.25) is 0 Å². The lowest BCUT2D eigenvalue weighted by Crippen LogP contribution is -1.99. The topological polar surface area (TPSA) is 61.0 Å². The van der Waals surface area contributed by atoms with Crippen molar-refractivity contribution in [2.75, 3.05) is 12.3 Å². The minimum absolute atomic E-state index is 0.501. The van der Waals surface area contributed by atoms with Crippen LogP contribution in [0.15, 0.2) is 36.5 Å². The minimum Gasteiger partial charge on any atom is -0.494 e. The average Bonchev–Trinajstić information content (AvgIpc) is 2.32. The van der Waals surface area contributed by atoms with E-state index in [9.17, 15) is 0 Å². The fourth-order valence-corrected chi connectivity index (χ4v) is 1.55. The summed E-state index contributed by atoms with van der Waals surface area (Å²) >= 11 is 0. The Kier molecular flexibility index (Phi) is 3.55. The normalized spacial score (nSPS) is 10.2. The molecule has 88 valence electrons. The van der Waals surface area contributed by atoms with Crippen LogP contribution >= 0.6 is 0 Å². The van der Waals surface area contributed by atoms with Crippen molar-refractivity contribution in [3.63, 3.8) is 0 Å². The minimum atomic E-state index is 0.501. The van der Waals surface area contributed by atoms with Crippen molar-refractivity contribution in [1.82, 2.24) is 9.97 Å². The number of anilines is 1. The number of ether oxygens (including phenoxy) is 1. The van der Waals surface area contributed by atoms with Gasteiger partial charge >= 0.3 is 0 Å². The van der Waals surface area contributed by atoms with Crippen molar-refractivity contribution < 1.29 is 4.74 Å². The Morgan fingerprint density at radius 1 is 1.18 bits per heavy atom. The average molecular weight is 229 g/mol. The summed E-state index contributed by atoms with van der Waals surface area (Å²) in [5.74, 6) is 2.11. The lowest BCUT2D eigenvalue weighted by molar-refractivity contribution is 0.340. The Labute approximate surface area is 100 Å². The highest BCUT2D eigenvalue weighted by Crippen LogP contribution is 2.14. The van der Waals surface area contributed by atoms with E-state index in [1.54, 1.807) is 12.3 Å². The zero-order valence-electron chi connectivity index (χ0n) is 9.76. The molecular formula is C13H15N3O. The van der Waals surface area contributed by atoms with Gasteiger partial charge < -0.3 is 10.5 Å². The molecule has 0 fully saturated rings. The largest absolute Gasteiger partial charge is 0.494 e.